The lowest BCUT2D eigenvalue weighted by molar-refractivity contribution is 0.112. The first-order chi connectivity index (χ1) is 5.90. The molecule has 0 fully saturated rings. The van der Waals surface area contributed by atoms with Crippen LogP contribution in [0.15, 0.2) is 24.8 Å². The molecule has 0 amide bonds. The van der Waals surface area contributed by atoms with Gasteiger partial charge in [0.2, 0.25) is 0 Å². The van der Waals surface area contributed by atoms with Crippen molar-refractivity contribution in [3.63, 3.8) is 0 Å². The number of hydrogen-bond donors (Lipinski definition) is 0. The summed E-state index contributed by atoms with van der Waals surface area (Å²) in [7, 11) is 0. The van der Waals surface area contributed by atoms with E-state index in [0.29, 0.717) is 4.88 Å². The first-order valence-corrected chi connectivity index (χ1v) is 4.12. The third kappa shape index (κ3) is 1.14. The van der Waals surface area contributed by atoms with Gasteiger partial charge in [0, 0.05) is 0 Å². The fourth-order valence-electron chi connectivity index (χ4n) is 0.851. The molecule has 0 saturated heterocycles. The number of carbonyl (C=O) groups is 1. The summed E-state index contributed by atoms with van der Waals surface area (Å²) in [5.41, 5.74) is 0. The van der Waals surface area contributed by atoms with Crippen molar-refractivity contribution in [1.29, 1.82) is 0 Å². The van der Waals surface area contributed by atoms with Crippen LogP contribution in [0.1, 0.15) is 9.67 Å². The predicted molar refractivity (Wildman–Crippen MR) is 44.6 cm³/mol. The molecule has 12 heavy (non-hydrogen) atoms. The minimum atomic E-state index is 0.695. The molecular formula is C7H5N3OS. The molecule has 0 aromatic carbocycles. The van der Waals surface area contributed by atoms with Crippen LogP contribution in [0.3, 0.4) is 0 Å². The van der Waals surface area contributed by atoms with Gasteiger partial charge in [0.15, 0.2) is 6.29 Å². The third-order valence-corrected chi connectivity index (χ3v) is 2.37. The van der Waals surface area contributed by atoms with E-state index in [0.717, 1.165) is 11.3 Å². The van der Waals surface area contributed by atoms with Gasteiger partial charge in [0.25, 0.3) is 0 Å². The molecule has 5 heteroatoms. The van der Waals surface area contributed by atoms with Crippen molar-refractivity contribution in [2.24, 2.45) is 0 Å². The Labute approximate surface area is 72.5 Å². The number of nitrogens with zero attached hydrogens (tertiary/aromatic N) is 3. The SMILES string of the molecule is O=Cc1ccc(-n2cncn2)s1. The Morgan fingerprint density at radius 3 is 3.00 bits per heavy atom. The van der Waals surface area contributed by atoms with Crippen LogP contribution in [0.4, 0.5) is 0 Å². The number of aromatic nitrogens is 3. The second kappa shape index (κ2) is 2.86. The Morgan fingerprint density at radius 1 is 1.50 bits per heavy atom. The van der Waals surface area contributed by atoms with Crippen LogP contribution < -0.4 is 0 Å². The summed E-state index contributed by atoms with van der Waals surface area (Å²) in [4.78, 5) is 14.9. The lowest BCUT2D eigenvalue weighted by atomic mass is 10.5. The van der Waals surface area contributed by atoms with E-state index in [9.17, 15) is 4.79 Å². The molecule has 0 aliphatic heterocycles. The molecule has 0 N–H and O–H groups in total. The summed E-state index contributed by atoms with van der Waals surface area (Å²) in [6.45, 7) is 0. The summed E-state index contributed by atoms with van der Waals surface area (Å²) in [5, 5.41) is 4.83. The molecule has 0 aliphatic carbocycles. The highest BCUT2D eigenvalue weighted by atomic mass is 32.1. The van der Waals surface area contributed by atoms with E-state index in [-0.39, 0.29) is 0 Å². The maximum Gasteiger partial charge on any atom is 0.160 e. The van der Waals surface area contributed by atoms with E-state index in [4.69, 9.17) is 0 Å². The van der Waals surface area contributed by atoms with Gasteiger partial charge in [-0.05, 0) is 12.1 Å². The Morgan fingerprint density at radius 2 is 2.42 bits per heavy atom. The van der Waals surface area contributed by atoms with E-state index in [2.05, 4.69) is 10.1 Å². The highest BCUT2D eigenvalue weighted by Gasteiger charge is 2.00. The van der Waals surface area contributed by atoms with Crippen molar-refractivity contribution >= 4 is 17.6 Å². The Kier molecular flexibility index (Phi) is 1.71. The van der Waals surface area contributed by atoms with Gasteiger partial charge >= 0.3 is 0 Å². The van der Waals surface area contributed by atoms with Gasteiger partial charge in [0.1, 0.15) is 17.7 Å². The summed E-state index contributed by atoms with van der Waals surface area (Å²) in [6, 6.07) is 3.60. The van der Waals surface area contributed by atoms with Crippen LogP contribution in [0.2, 0.25) is 0 Å². The Bertz CT molecular complexity index is 379. The van der Waals surface area contributed by atoms with E-state index in [1.54, 1.807) is 17.1 Å². The lowest BCUT2D eigenvalue weighted by Gasteiger charge is -1.90. The average Bonchev–Trinajstić information content (AvgIpc) is 2.75. The van der Waals surface area contributed by atoms with Crippen molar-refractivity contribution in [2.45, 2.75) is 0 Å². The summed E-state index contributed by atoms with van der Waals surface area (Å²) < 4.78 is 1.62. The molecule has 0 atom stereocenters. The first kappa shape index (κ1) is 7.17. The zero-order chi connectivity index (χ0) is 8.39. The smallest absolute Gasteiger partial charge is 0.160 e. The van der Waals surface area contributed by atoms with Gasteiger partial charge in [0.05, 0.1) is 4.88 Å². The van der Waals surface area contributed by atoms with Crippen LogP contribution >= 0.6 is 11.3 Å². The second-order valence-corrected chi connectivity index (χ2v) is 3.23. The monoisotopic (exact) mass is 179 g/mol. The number of thiophene rings is 1. The summed E-state index contributed by atoms with van der Waals surface area (Å²) in [5.74, 6) is 0. The molecule has 2 heterocycles. The normalized spacial score (nSPS) is 10.0. The van der Waals surface area contributed by atoms with Crippen molar-refractivity contribution < 1.29 is 4.79 Å². The van der Waals surface area contributed by atoms with Gasteiger partial charge in [-0.2, -0.15) is 5.10 Å². The first-order valence-electron chi connectivity index (χ1n) is 3.30. The van der Waals surface area contributed by atoms with Crippen molar-refractivity contribution in [2.75, 3.05) is 0 Å². The quantitative estimate of drug-likeness (QED) is 0.649. The second-order valence-electron chi connectivity index (χ2n) is 2.13. The number of rotatable bonds is 2. The third-order valence-electron chi connectivity index (χ3n) is 1.37. The van der Waals surface area contributed by atoms with Crippen molar-refractivity contribution in [3.8, 4) is 5.00 Å². The lowest BCUT2D eigenvalue weighted by Crippen LogP contribution is -1.88. The maximum atomic E-state index is 10.4. The molecule has 0 bridgehead atoms. The molecule has 4 nitrogen and oxygen atoms in total. The van der Waals surface area contributed by atoms with Crippen LogP contribution in [-0.2, 0) is 0 Å². The van der Waals surface area contributed by atoms with Gasteiger partial charge in [-0.3, -0.25) is 4.79 Å². The van der Waals surface area contributed by atoms with Gasteiger partial charge in [-0.15, -0.1) is 11.3 Å². The molecule has 0 radical (unpaired) electrons. The van der Waals surface area contributed by atoms with E-state index < -0.39 is 0 Å². The average molecular weight is 179 g/mol. The molecule has 0 spiro atoms. The molecule has 0 aliphatic rings. The fraction of sp³-hybridized carbons (Fsp3) is 0. The maximum absolute atomic E-state index is 10.4. The van der Waals surface area contributed by atoms with E-state index >= 15 is 0 Å². The van der Waals surface area contributed by atoms with Gasteiger partial charge in [-0.1, -0.05) is 0 Å². The summed E-state index contributed by atoms with van der Waals surface area (Å²) in [6.07, 6.45) is 3.88. The number of aldehydes is 1. The number of hydrogen-bond acceptors (Lipinski definition) is 4. The highest BCUT2D eigenvalue weighted by molar-refractivity contribution is 7.16. The minimum absolute atomic E-state index is 0.695. The van der Waals surface area contributed by atoms with Crippen LogP contribution in [0.5, 0.6) is 0 Å². The molecule has 60 valence electrons. The van der Waals surface area contributed by atoms with Crippen LogP contribution in [0.25, 0.3) is 5.00 Å². The Balaban J connectivity index is 2.41. The standard InChI is InChI=1S/C7H5N3OS/c11-3-6-1-2-7(12-6)10-5-8-4-9-10/h1-5H. The Hall–Kier alpha value is -1.49. The van der Waals surface area contributed by atoms with Crippen molar-refractivity contribution in [1.82, 2.24) is 14.8 Å². The van der Waals surface area contributed by atoms with E-state index in [1.807, 2.05) is 6.07 Å². The van der Waals surface area contributed by atoms with Crippen LogP contribution in [0, 0.1) is 0 Å². The van der Waals surface area contributed by atoms with Crippen molar-refractivity contribution in [3.05, 3.63) is 29.7 Å². The van der Waals surface area contributed by atoms with Gasteiger partial charge < -0.3 is 0 Å². The molecular weight excluding hydrogens is 174 g/mol. The highest BCUT2D eigenvalue weighted by Crippen LogP contribution is 2.17. The molecule has 0 saturated carbocycles. The molecule has 2 rings (SSSR count). The molecule has 2 aromatic rings. The summed E-state index contributed by atoms with van der Waals surface area (Å²) >= 11 is 1.38. The van der Waals surface area contributed by atoms with Gasteiger partial charge in [-0.25, -0.2) is 9.67 Å². The molecule has 2 aromatic heterocycles. The fourth-order valence-corrected chi connectivity index (χ4v) is 1.60. The van der Waals surface area contributed by atoms with Crippen LogP contribution in [-0.4, -0.2) is 21.1 Å². The van der Waals surface area contributed by atoms with E-state index in [1.165, 1.54) is 17.7 Å². The zero-order valence-electron chi connectivity index (χ0n) is 6.04. The number of carbonyl (C=O) groups excluding carboxylic acids is 1. The zero-order valence-corrected chi connectivity index (χ0v) is 6.86. The molecule has 0 unspecified atom stereocenters. The minimum Gasteiger partial charge on any atom is -0.297 e. The predicted octanol–water partition coefficient (Wildman–Crippen LogP) is 1.14. The largest absolute Gasteiger partial charge is 0.297 e. The topological polar surface area (TPSA) is 47.8 Å².